The fraction of sp³-hybridized carbons (Fsp3) is 0.286. The Morgan fingerprint density at radius 2 is 1.92 bits per heavy atom. The van der Waals surface area contributed by atoms with Gasteiger partial charge in [0.2, 0.25) is 12.3 Å². The van der Waals surface area contributed by atoms with E-state index in [0.717, 1.165) is 37.1 Å². The number of nitrogens with zero attached hydrogens (tertiary/aromatic N) is 2. The highest BCUT2D eigenvalue weighted by Gasteiger charge is 2.26. The molecular formula is C28H31F2N5O2. The van der Waals surface area contributed by atoms with Crippen LogP contribution in [0.3, 0.4) is 0 Å². The number of likely N-dealkylation sites (N-methyl/N-ethyl adjacent to an activating group) is 2. The fourth-order valence-electron chi connectivity index (χ4n) is 3.93. The largest absolute Gasteiger partial charge is 0.457 e. The number of anilines is 2. The van der Waals surface area contributed by atoms with E-state index in [-0.39, 0.29) is 29.5 Å². The Labute approximate surface area is 215 Å². The summed E-state index contributed by atoms with van der Waals surface area (Å²) >= 11 is 0. The first kappa shape index (κ1) is 27.4. The Balaban J connectivity index is 1.94. The lowest BCUT2D eigenvalue weighted by Crippen LogP contribution is -2.35. The predicted octanol–water partition coefficient (Wildman–Crippen LogP) is 4.55. The van der Waals surface area contributed by atoms with E-state index in [0.29, 0.717) is 11.3 Å². The van der Waals surface area contributed by atoms with Crippen LogP contribution in [0.5, 0.6) is 5.75 Å². The van der Waals surface area contributed by atoms with Gasteiger partial charge in [0.15, 0.2) is 11.6 Å². The Hall–Kier alpha value is -4.16. The Morgan fingerprint density at radius 1 is 1.19 bits per heavy atom. The van der Waals surface area contributed by atoms with Gasteiger partial charge >= 0.3 is 0 Å². The van der Waals surface area contributed by atoms with Crippen LogP contribution in [0.4, 0.5) is 20.2 Å². The van der Waals surface area contributed by atoms with Crippen LogP contribution in [0.1, 0.15) is 35.2 Å². The van der Waals surface area contributed by atoms with E-state index in [4.69, 9.17) is 15.7 Å². The normalized spacial score (nSPS) is 12.3. The molecule has 37 heavy (non-hydrogen) atoms. The molecular weight excluding hydrogens is 476 g/mol. The number of amides is 1. The second-order valence-corrected chi connectivity index (χ2v) is 8.71. The number of hydrogen-bond acceptors (Lipinski definition) is 6. The third kappa shape index (κ3) is 7.41. The lowest BCUT2D eigenvalue weighted by atomic mass is 10.0. The summed E-state index contributed by atoms with van der Waals surface area (Å²) < 4.78 is 33.2. The standard InChI is InChI=1S/C28H31F2N5O2/c1-18(29)37-27-22(14-23(32)15-25(27)30)17-35(3)28(36)26(34-24-9-7-20(16-31)8-10-24)21-6-4-5-19(13-21)11-12-33-2/h4-10,13-15,18,26,33-34H,11-12,17,32H2,1-3H3. The number of ether oxygens (including phenoxy) is 1. The van der Waals surface area contributed by atoms with Gasteiger partial charge in [-0.2, -0.15) is 5.26 Å². The molecule has 0 saturated carbocycles. The molecule has 3 aromatic carbocycles. The van der Waals surface area contributed by atoms with Crippen molar-refractivity contribution >= 4 is 17.3 Å². The smallest absolute Gasteiger partial charge is 0.249 e. The van der Waals surface area contributed by atoms with E-state index in [1.54, 1.807) is 31.3 Å². The van der Waals surface area contributed by atoms with Gasteiger partial charge in [-0.1, -0.05) is 24.3 Å². The molecule has 0 aliphatic heterocycles. The summed E-state index contributed by atoms with van der Waals surface area (Å²) in [6, 6.07) is 18.3. The molecule has 0 aliphatic carbocycles. The molecule has 0 aliphatic rings. The molecule has 0 bridgehead atoms. The summed E-state index contributed by atoms with van der Waals surface area (Å²) in [6.45, 7) is 1.86. The van der Waals surface area contributed by atoms with Crippen LogP contribution < -0.4 is 21.1 Å². The number of nitriles is 1. The van der Waals surface area contributed by atoms with E-state index in [1.165, 1.54) is 11.0 Å². The zero-order chi connectivity index (χ0) is 26.9. The average Bonchev–Trinajstić information content (AvgIpc) is 2.88. The molecule has 7 nitrogen and oxygen atoms in total. The number of nitrogens with two attached hydrogens (primary N) is 1. The summed E-state index contributed by atoms with van der Waals surface area (Å²) in [5.41, 5.74) is 9.14. The summed E-state index contributed by atoms with van der Waals surface area (Å²) in [6.07, 6.45) is -0.966. The number of nitrogens with one attached hydrogen (secondary N) is 2. The average molecular weight is 508 g/mol. The molecule has 2 unspecified atom stereocenters. The zero-order valence-corrected chi connectivity index (χ0v) is 21.1. The number of hydrogen-bond donors (Lipinski definition) is 3. The Kier molecular flexibility index (Phi) is 9.41. The second kappa shape index (κ2) is 12.7. The number of benzene rings is 3. The molecule has 1 amide bonds. The van der Waals surface area contributed by atoms with Crippen molar-refractivity contribution in [2.45, 2.75) is 32.3 Å². The minimum Gasteiger partial charge on any atom is -0.457 e. The molecule has 3 aromatic rings. The van der Waals surface area contributed by atoms with Crippen molar-refractivity contribution in [3.05, 3.63) is 88.7 Å². The molecule has 2 atom stereocenters. The summed E-state index contributed by atoms with van der Waals surface area (Å²) in [4.78, 5) is 15.2. The van der Waals surface area contributed by atoms with Crippen molar-refractivity contribution in [2.75, 3.05) is 31.7 Å². The number of alkyl halides is 1. The quantitative estimate of drug-likeness (QED) is 0.329. The van der Waals surface area contributed by atoms with Gasteiger partial charge in [0.25, 0.3) is 0 Å². The third-order valence-corrected chi connectivity index (χ3v) is 5.73. The SMILES string of the molecule is CNCCc1cccc(C(Nc2ccc(C#N)cc2)C(=O)N(C)Cc2cc(N)cc(F)c2OC(C)F)c1. The summed E-state index contributed by atoms with van der Waals surface area (Å²) in [5, 5.41) is 15.5. The highest BCUT2D eigenvalue weighted by atomic mass is 19.1. The van der Waals surface area contributed by atoms with Gasteiger partial charge in [-0.05, 0) is 61.5 Å². The number of rotatable bonds is 11. The van der Waals surface area contributed by atoms with Crippen molar-refractivity contribution in [3.8, 4) is 11.8 Å². The lowest BCUT2D eigenvalue weighted by Gasteiger charge is -2.27. The molecule has 0 aromatic heterocycles. The topological polar surface area (TPSA) is 103 Å². The lowest BCUT2D eigenvalue weighted by molar-refractivity contribution is -0.131. The first-order chi connectivity index (χ1) is 17.7. The van der Waals surface area contributed by atoms with Gasteiger partial charge in [0.1, 0.15) is 6.04 Å². The summed E-state index contributed by atoms with van der Waals surface area (Å²) in [7, 11) is 3.45. The van der Waals surface area contributed by atoms with Gasteiger partial charge in [0, 0.05) is 43.5 Å². The molecule has 0 radical (unpaired) electrons. The van der Waals surface area contributed by atoms with Crippen LogP contribution in [0.15, 0.2) is 60.7 Å². The zero-order valence-electron chi connectivity index (χ0n) is 21.1. The highest BCUT2D eigenvalue weighted by molar-refractivity contribution is 5.86. The van der Waals surface area contributed by atoms with Crippen LogP contribution in [-0.4, -0.2) is 37.8 Å². The van der Waals surface area contributed by atoms with Crippen LogP contribution in [0.25, 0.3) is 0 Å². The van der Waals surface area contributed by atoms with Gasteiger partial charge in [0.05, 0.1) is 11.6 Å². The van der Waals surface area contributed by atoms with Crippen molar-refractivity contribution in [2.24, 2.45) is 0 Å². The molecule has 0 saturated heterocycles. The van der Waals surface area contributed by atoms with Crippen LogP contribution in [-0.2, 0) is 17.8 Å². The molecule has 3 rings (SSSR count). The molecule has 9 heteroatoms. The number of nitrogen functional groups attached to an aromatic ring is 1. The Morgan fingerprint density at radius 3 is 2.57 bits per heavy atom. The van der Waals surface area contributed by atoms with E-state index >= 15 is 0 Å². The van der Waals surface area contributed by atoms with Gasteiger partial charge < -0.3 is 26.0 Å². The van der Waals surface area contributed by atoms with Crippen LogP contribution >= 0.6 is 0 Å². The van der Waals surface area contributed by atoms with Crippen molar-refractivity contribution in [3.63, 3.8) is 0 Å². The predicted molar refractivity (Wildman–Crippen MR) is 140 cm³/mol. The van der Waals surface area contributed by atoms with E-state index in [9.17, 15) is 13.6 Å². The maximum Gasteiger partial charge on any atom is 0.249 e. The number of carbonyl (C=O) groups excluding carboxylic acids is 1. The molecule has 0 heterocycles. The molecule has 194 valence electrons. The number of carbonyl (C=O) groups is 1. The summed E-state index contributed by atoms with van der Waals surface area (Å²) in [5.74, 6) is -1.39. The minimum atomic E-state index is -1.75. The van der Waals surface area contributed by atoms with Gasteiger partial charge in [-0.25, -0.2) is 8.78 Å². The molecule has 4 N–H and O–H groups in total. The highest BCUT2D eigenvalue weighted by Crippen LogP contribution is 2.30. The van der Waals surface area contributed by atoms with Crippen molar-refractivity contribution in [1.82, 2.24) is 10.2 Å². The first-order valence-electron chi connectivity index (χ1n) is 11.9. The monoisotopic (exact) mass is 507 g/mol. The minimum absolute atomic E-state index is 0.0617. The van der Waals surface area contributed by atoms with E-state index in [2.05, 4.69) is 16.7 Å². The van der Waals surface area contributed by atoms with Gasteiger partial charge in [-0.15, -0.1) is 0 Å². The van der Waals surface area contributed by atoms with E-state index < -0.39 is 18.2 Å². The molecule has 0 fully saturated rings. The fourth-order valence-corrected chi connectivity index (χ4v) is 3.93. The van der Waals surface area contributed by atoms with Gasteiger partial charge in [-0.3, -0.25) is 4.79 Å². The van der Waals surface area contributed by atoms with E-state index in [1.807, 2.05) is 31.3 Å². The first-order valence-corrected chi connectivity index (χ1v) is 11.9. The maximum absolute atomic E-state index is 14.5. The van der Waals surface area contributed by atoms with Crippen molar-refractivity contribution in [1.29, 1.82) is 5.26 Å². The van der Waals surface area contributed by atoms with Crippen LogP contribution in [0.2, 0.25) is 0 Å². The van der Waals surface area contributed by atoms with Crippen LogP contribution in [0, 0.1) is 17.1 Å². The maximum atomic E-state index is 14.5. The number of halogens is 2. The third-order valence-electron chi connectivity index (χ3n) is 5.73. The van der Waals surface area contributed by atoms with Crippen molar-refractivity contribution < 1.29 is 18.3 Å². The molecule has 0 spiro atoms. The second-order valence-electron chi connectivity index (χ2n) is 8.71. The Bertz CT molecular complexity index is 1260.